The molecule has 0 N–H and O–H groups in total. The van der Waals surface area contributed by atoms with Crippen LogP contribution >= 0.6 is 0 Å². The predicted molar refractivity (Wildman–Crippen MR) is 111 cm³/mol. The Labute approximate surface area is 170 Å². The summed E-state index contributed by atoms with van der Waals surface area (Å²) in [6.45, 7) is 4.60. The van der Waals surface area contributed by atoms with Gasteiger partial charge in [0.25, 0.3) is 0 Å². The van der Waals surface area contributed by atoms with Crippen LogP contribution in [0.15, 0.2) is 12.1 Å². The summed E-state index contributed by atoms with van der Waals surface area (Å²) in [5.74, 6) is 2.10. The normalized spacial score (nSPS) is 28.4. The molecule has 0 unspecified atom stereocenters. The first-order chi connectivity index (χ1) is 13.6. The van der Waals surface area contributed by atoms with E-state index in [-0.39, 0.29) is 12.2 Å². The van der Waals surface area contributed by atoms with E-state index in [0.29, 0.717) is 12.5 Å². The summed E-state index contributed by atoms with van der Waals surface area (Å²) in [7, 11) is 0. The molecule has 0 bridgehead atoms. The number of halogens is 2. The molecule has 3 heteroatoms. The van der Waals surface area contributed by atoms with Crippen LogP contribution in [0.25, 0.3) is 0 Å². The SMILES string of the molecule is CCCC[C@H]1CC[C@H](C2CCC(c3cc(F)c(COCC)c(F)c3)CC2)CC1. The summed E-state index contributed by atoms with van der Waals surface area (Å²) in [5.41, 5.74) is 0.913. The van der Waals surface area contributed by atoms with Crippen LogP contribution in [0.5, 0.6) is 0 Å². The zero-order valence-corrected chi connectivity index (χ0v) is 17.8. The third-order valence-corrected chi connectivity index (χ3v) is 7.38. The molecule has 0 aromatic heterocycles. The fourth-order valence-corrected chi connectivity index (χ4v) is 5.57. The van der Waals surface area contributed by atoms with Gasteiger partial charge in [-0.2, -0.15) is 0 Å². The van der Waals surface area contributed by atoms with E-state index >= 15 is 0 Å². The van der Waals surface area contributed by atoms with E-state index in [1.807, 2.05) is 6.92 Å². The number of benzene rings is 1. The Morgan fingerprint density at radius 1 is 0.857 bits per heavy atom. The molecule has 2 fully saturated rings. The van der Waals surface area contributed by atoms with Crippen molar-refractivity contribution in [3.63, 3.8) is 0 Å². The molecule has 0 aliphatic heterocycles. The lowest BCUT2D eigenvalue weighted by molar-refractivity contribution is 0.128. The average Bonchev–Trinajstić information content (AvgIpc) is 2.72. The van der Waals surface area contributed by atoms with Gasteiger partial charge in [0.2, 0.25) is 0 Å². The quantitative estimate of drug-likeness (QED) is 0.439. The summed E-state index contributed by atoms with van der Waals surface area (Å²) in [6, 6.07) is 3.11. The van der Waals surface area contributed by atoms with Crippen molar-refractivity contribution >= 4 is 0 Å². The molecule has 0 amide bonds. The van der Waals surface area contributed by atoms with Gasteiger partial charge in [0.15, 0.2) is 0 Å². The van der Waals surface area contributed by atoms with Crippen molar-refractivity contribution in [1.82, 2.24) is 0 Å². The van der Waals surface area contributed by atoms with E-state index < -0.39 is 11.6 Å². The Hall–Kier alpha value is -0.960. The van der Waals surface area contributed by atoms with Crippen LogP contribution in [0, 0.1) is 29.4 Å². The first-order valence-corrected chi connectivity index (χ1v) is 11.7. The highest BCUT2D eigenvalue weighted by Gasteiger charge is 2.31. The maximum absolute atomic E-state index is 14.4. The molecule has 0 spiro atoms. The smallest absolute Gasteiger partial charge is 0.131 e. The molecule has 3 rings (SSSR count). The van der Waals surface area contributed by atoms with E-state index in [1.54, 1.807) is 12.1 Å². The molecule has 158 valence electrons. The number of hydrogen-bond donors (Lipinski definition) is 0. The first kappa shape index (κ1) is 21.7. The van der Waals surface area contributed by atoms with E-state index in [0.717, 1.165) is 36.2 Å². The number of rotatable bonds is 8. The molecule has 1 nitrogen and oxygen atoms in total. The van der Waals surface area contributed by atoms with Crippen LogP contribution in [-0.4, -0.2) is 6.61 Å². The number of hydrogen-bond acceptors (Lipinski definition) is 1. The maximum Gasteiger partial charge on any atom is 0.131 e. The van der Waals surface area contributed by atoms with Crippen molar-refractivity contribution in [2.45, 2.75) is 97.0 Å². The van der Waals surface area contributed by atoms with Gasteiger partial charge in [0, 0.05) is 12.2 Å². The molecule has 0 radical (unpaired) electrons. The standard InChI is InChI=1S/C25H38F2O/c1-3-5-6-18-7-9-19(10-8-18)20-11-13-21(14-12-20)22-15-24(26)23(17-28-4-2)25(27)16-22/h15-16,18-21H,3-14,17H2,1-2H3/t18-,19-,20?,21?. The molecule has 1 aromatic rings. The summed E-state index contributed by atoms with van der Waals surface area (Å²) >= 11 is 0. The molecule has 0 heterocycles. The molecule has 0 saturated heterocycles. The van der Waals surface area contributed by atoms with Crippen LogP contribution in [0.4, 0.5) is 8.78 Å². The minimum atomic E-state index is -0.448. The lowest BCUT2D eigenvalue weighted by atomic mass is 9.68. The molecular formula is C25H38F2O. The lowest BCUT2D eigenvalue weighted by Crippen LogP contribution is -2.25. The minimum Gasteiger partial charge on any atom is -0.377 e. The fourth-order valence-electron chi connectivity index (χ4n) is 5.57. The molecular weight excluding hydrogens is 354 g/mol. The molecule has 28 heavy (non-hydrogen) atoms. The highest BCUT2D eigenvalue weighted by atomic mass is 19.1. The summed E-state index contributed by atoms with van der Waals surface area (Å²) < 4.78 is 33.9. The van der Waals surface area contributed by atoms with Gasteiger partial charge in [0.05, 0.1) is 6.61 Å². The van der Waals surface area contributed by atoms with E-state index in [2.05, 4.69) is 6.92 Å². The van der Waals surface area contributed by atoms with Crippen LogP contribution in [0.2, 0.25) is 0 Å². The number of unbranched alkanes of at least 4 members (excludes halogenated alkanes) is 1. The van der Waals surface area contributed by atoms with Crippen molar-refractivity contribution < 1.29 is 13.5 Å². The van der Waals surface area contributed by atoms with Gasteiger partial charge >= 0.3 is 0 Å². The fraction of sp³-hybridized carbons (Fsp3) is 0.760. The summed E-state index contributed by atoms with van der Waals surface area (Å²) in [6.07, 6.45) is 14.4. The predicted octanol–water partition coefficient (Wildman–Crippen LogP) is 7.77. The Bertz CT molecular complexity index is 576. The van der Waals surface area contributed by atoms with Gasteiger partial charge in [-0.05, 0) is 86.8 Å². The third-order valence-electron chi connectivity index (χ3n) is 7.38. The van der Waals surface area contributed by atoms with Gasteiger partial charge < -0.3 is 4.74 Å². The van der Waals surface area contributed by atoms with Crippen LogP contribution < -0.4 is 0 Å². The minimum absolute atomic E-state index is 0.0160. The van der Waals surface area contributed by atoms with E-state index in [9.17, 15) is 8.78 Å². The monoisotopic (exact) mass is 392 g/mol. The zero-order chi connectivity index (χ0) is 19.9. The Morgan fingerprint density at radius 2 is 1.43 bits per heavy atom. The second-order valence-electron chi connectivity index (χ2n) is 9.13. The Morgan fingerprint density at radius 3 is 1.96 bits per heavy atom. The van der Waals surface area contributed by atoms with Gasteiger partial charge in [-0.25, -0.2) is 8.78 Å². The molecule has 2 aliphatic carbocycles. The van der Waals surface area contributed by atoms with Crippen molar-refractivity contribution in [3.8, 4) is 0 Å². The van der Waals surface area contributed by atoms with Crippen molar-refractivity contribution in [1.29, 1.82) is 0 Å². The second-order valence-corrected chi connectivity index (χ2v) is 9.13. The van der Waals surface area contributed by atoms with Gasteiger partial charge in [-0.15, -0.1) is 0 Å². The average molecular weight is 393 g/mol. The van der Waals surface area contributed by atoms with Gasteiger partial charge in [-0.3, -0.25) is 0 Å². The number of ether oxygens (including phenoxy) is 1. The van der Waals surface area contributed by atoms with E-state index in [1.165, 1.54) is 57.8 Å². The van der Waals surface area contributed by atoms with Crippen LogP contribution in [0.1, 0.15) is 102 Å². The zero-order valence-electron chi connectivity index (χ0n) is 17.8. The van der Waals surface area contributed by atoms with Crippen LogP contribution in [0.3, 0.4) is 0 Å². The lowest BCUT2D eigenvalue weighted by Gasteiger charge is -2.38. The summed E-state index contributed by atoms with van der Waals surface area (Å²) in [5, 5.41) is 0. The van der Waals surface area contributed by atoms with E-state index in [4.69, 9.17) is 4.74 Å². The molecule has 0 atom stereocenters. The van der Waals surface area contributed by atoms with Gasteiger partial charge in [0.1, 0.15) is 11.6 Å². The maximum atomic E-state index is 14.4. The second kappa shape index (κ2) is 10.7. The first-order valence-electron chi connectivity index (χ1n) is 11.7. The Balaban J connectivity index is 1.50. The van der Waals surface area contributed by atoms with Crippen LogP contribution in [-0.2, 0) is 11.3 Å². The highest BCUT2D eigenvalue weighted by molar-refractivity contribution is 5.28. The highest BCUT2D eigenvalue weighted by Crippen LogP contribution is 2.44. The summed E-state index contributed by atoms with van der Waals surface area (Å²) in [4.78, 5) is 0. The van der Waals surface area contributed by atoms with Crippen molar-refractivity contribution in [2.24, 2.45) is 17.8 Å². The largest absolute Gasteiger partial charge is 0.377 e. The molecule has 2 saturated carbocycles. The third kappa shape index (κ3) is 5.55. The van der Waals surface area contributed by atoms with Gasteiger partial charge in [-0.1, -0.05) is 39.0 Å². The molecule has 1 aromatic carbocycles. The molecule has 2 aliphatic rings. The van der Waals surface area contributed by atoms with Crippen molar-refractivity contribution in [2.75, 3.05) is 6.61 Å². The van der Waals surface area contributed by atoms with Crippen molar-refractivity contribution in [3.05, 3.63) is 34.9 Å². The Kier molecular flexibility index (Phi) is 8.32. The topological polar surface area (TPSA) is 9.23 Å².